The second-order valence-corrected chi connectivity index (χ2v) is 10.1. The molecule has 11 nitrogen and oxygen atoms in total. The van der Waals surface area contributed by atoms with Crippen molar-refractivity contribution < 1.29 is 14.6 Å². The molecule has 2 aliphatic rings. The molecule has 0 bridgehead atoms. The first-order chi connectivity index (χ1) is 17.9. The first-order valence-corrected chi connectivity index (χ1v) is 12.9. The fourth-order valence-electron chi connectivity index (χ4n) is 5.49. The lowest BCUT2D eigenvalue weighted by Crippen LogP contribution is -2.58. The molecule has 0 radical (unpaired) electrons. The van der Waals surface area contributed by atoms with Gasteiger partial charge in [-0.15, -0.1) is 0 Å². The van der Waals surface area contributed by atoms with Gasteiger partial charge in [0.1, 0.15) is 16.7 Å². The van der Waals surface area contributed by atoms with Crippen LogP contribution in [0.3, 0.4) is 0 Å². The van der Waals surface area contributed by atoms with Crippen LogP contribution in [0.2, 0.25) is 0 Å². The Hall–Kier alpha value is -3.44. The lowest BCUT2D eigenvalue weighted by Gasteiger charge is -2.43. The Labute approximate surface area is 217 Å². The lowest BCUT2D eigenvalue weighted by molar-refractivity contribution is 0.109. The van der Waals surface area contributed by atoms with Crippen molar-refractivity contribution in [2.45, 2.75) is 38.9 Å². The van der Waals surface area contributed by atoms with Crippen LogP contribution < -0.4 is 9.80 Å². The SMILES string of the molecule is COC(=O)N1C[C@@H](C)N(c2ncc3[nH]nc(-c4ccc(N5CCN(C(C)CO)CC5)cc4)c3n2)[C@@H](C)C1. The molecule has 2 saturated heterocycles. The van der Waals surface area contributed by atoms with Crippen LogP contribution in [-0.2, 0) is 4.74 Å². The Balaban J connectivity index is 1.34. The number of methoxy groups -OCH3 is 1. The van der Waals surface area contributed by atoms with Crippen molar-refractivity contribution in [1.29, 1.82) is 0 Å². The normalized spacial score (nSPS) is 21.9. The molecule has 11 heteroatoms. The van der Waals surface area contributed by atoms with Gasteiger partial charge in [0.05, 0.1) is 19.9 Å². The van der Waals surface area contributed by atoms with E-state index in [9.17, 15) is 9.90 Å². The summed E-state index contributed by atoms with van der Waals surface area (Å²) >= 11 is 0. The Morgan fingerprint density at radius 1 is 1.14 bits per heavy atom. The van der Waals surface area contributed by atoms with E-state index in [1.165, 1.54) is 12.8 Å². The summed E-state index contributed by atoms with van der Waals surface area (Å²) in [7, 11) is 1.41. The minimum absolute atomic E-state index is 0.0377. The van der Waals surface area contributed by atoms with E-state index in [2.05, 4.69) is 74.9 Å². The molecule has 0 saturated carbocycles. The van der Waals surface area contributed by atoms with Crippen molar-refractivity contribution in [3.8, 4) is 11.3 Å². The number of nitrogens with zero attached hydrogens (tertiary/aromatic N) is 7. The molecule has 2 aliphatic heterocycles. The first kappa shape index (κ1) is 25.2. The summed E-state index contributed by atoms with van der Waals surface area (Å²) in [4.78, 5) is 30.2. The quantitative estimate of drug-likeness (QED) is 0.535. The van der Waals surface area contributed by atoms with E-state index in [4.69, 9.17) is 9.72 Å². The molecule has 37 heavy (non-hydrogen) atoms. The number of benzene rings is 1. The Morgan fingerprint density at radius 2 is 1.81 bits per heavy atom. The van der Waals surface area contributed by atoms with Gasteiger partial charge in [-0.3, -0.25) is 10.00 Å². The molecule has 5 rings (SSSR count). The van der Waals surface area contributed by atoms with Gasteiger partial charge in [0.2, 0.25) is 5.95 Å². The van der Waals surface area contributed by atoms with Crippen LogP contribution in [0, 0.1) is 0 Å². The minimum Gasteiger partial charge on any atom is -0.453 e. The second-order valence-electron chi connectivity index (χ2n) is 10.1. The van der Waals surface area contributed by atoms with E-state index in [1.807, 2.05) is 0 Å². The molecule has 1 aromatic carbocycles. The number of aliphatic hydroxyl groups excluding tert-OH is 1. The monoisotopic (exact) mass is 508 g/mol. The molecule has 0 aliphatic carbocycles. The first-order valence-electron chi connectivity index (χ1n) is 12.9. The van der Waals surface area contributed by atoms with E-state index in [-0.39, 0.29) is 30.8 Å². The van der Waals surface area contributed by atoms with Crippen LogP contribution in [0.25, 0.3) is 22.3 Å². The largest absolute Gasteiger partial charge is 0.453 e. The number of ether oxygens (including phenoxy) is 1. The van der Waals surface area contributed by atoms with Crippen LogP contribution in [0.4, 0.5) is 16.4 Å². The van der Waals surface area contributed by atoms with E-state index in [0.717, 1.165) is 48.5 Å². The Morgan fingerprint density at radius 3 is 2.43 bits per heavy atom. The van der Waals surface area contributed by atoms with E-state index in [1.54, 1.807) is 11.1 Å². The number of aromatic nitrogens is 4. The van der Waals surface area contributed by atoms with Gasteiger partial charge in [-0.2, -0.15) is 5.10 Å². The number of rotatable bonds is 5. The highest BCUT2D eigenvalue weighted by atomic mass is 16.5. The molecule has 3 aromatic rings. The van der Waals surface area contributed by atoms with Gasteiger partial charge in [-0.05, 0) is 32.9 Å². The number of nitrogens with one attached hydrogen (secondary N) is 1. The number of hydrogen-bond acceptors (Lipinski definition) is 9. The fraction of sp³-hybridized carbons (Fsp3) is 0.538. The molecular formula is C26H36N8O3. The Bertz CT molecular complexity index is 1210. The molecule has 0 spiro atoms. The second kappa shape index (κ2) is 10.5. The molecule has 3 atom stereocenters. The molecule has 2 N–H and O–H groups in total. The van der Waals surface area contributed by atoms with Crippen LogP contribution in [0.15, 0.2) is 30.5 Å². The maximum atomic E-state index is 12.0. The lowest BCUT2D eigenvalue weighted by atomic mass is 10.1. The third-order valence-corrected chi connectivity index (χ3v) is 7.58. The molecule has 1 amide bonds. The molecule has 4 heterocycles. The average molecular weight is 509 g/mol. The number of H-pyrrole nitrogens is 1. The van der Waals surface area contributed by atoms with Gasteiger partial charge in [-0.25, -0.2) is 14.8 Å². The number of aliphatic hydroxyl groups is 1. The van der Waals surface area contributed by atoms with Crippen LogP contribution in [-0.4, -0.2) is 112 Å². The third-order valence-electron chi connectivity index (χ3n) is 7.58. The zero-order chi connectivity index (χ0) is 26.1. The van der Waals surface area contributed by atoms with Crippen molar-refractivity contribution >= 4 is 28.8 Å². The van der Waals surface area contributed by atoms with Gasteiger partial charge >= 0.3 is 6.09 Å². The average Bonchev–Trinajstić information content (AvgIpc) is 3.35. The number of amides is 1. The van der Waals surface area contributed by atoms with E-state index < -0.39 is 0 Å². The van der Waals surface area contributed by atoms with Crippen molar-refractivity contribution in [2.24, 2.45) is 0 Å². The maximum Gasteiger partial charge on any atom is 0.409 e. The molecule has 2 aromatic heterocycles. The van der Waals surface area contributed by atoms with Gasteiger partial charge in [0.25, 0.3) is 0 Å². The van der Waals surface area contributed by atoms with Crippen LogP contribution >= 0.6 is 0 Å². The molecular weight excluding hydrogens is 472 g/mol. The van der Waals surface area contributed by atoms with Crippen molar-refractivity contribution in [1.82, 2.24) is 30.0 Å². The van der Waals surface area contributed by atoms with Gasteiger partial charge in [-0.1, -0.05) is 12.1 Å². The molecule has 1 unspecified atom stereocenters. The predicted molar refractivity (Wildman–Crippen MR) is 143 cm³/mol. The fourth-order valence-corrected chi connectivity index (χ4v) is 5.49. The van der Waals surface area contributed by atoms with Crippen molar-refractivity contribution in [3.63, 3.8) is 0 Å². The topological polar surface area (TPSA) is 114 Å². The highest BCUT2D eigenvalue weighted by Crippen LogP contribution is 2.30. The number of carbonyl (C=O) groups excluding carboxylic acids is 1. The van der Waals surface area contributed by atoms with Gasteiger partial charge < -0.3 is 24.5 Å². The smallest absolute Gasteiger partial charge is 0.409 e. The molecule has 2 fully saturated rings. The summed E-state index contributed by atoms with van der Waals surface area (Å²) < 4.78 is 4.92. The van der Waals surface area contributed by atoms with E-state index >= 15 is 0 Å². The summed E-state index contributed by atoms with van der Waals surface area (Å²) in [6.07, 6.45) is 1.47. The number of fused-ring (bicyclic) bond motifs is 1. The van der Waals surface area contributed by atoms with Crippen molar-refractivity contribution in [2.75, 3.05) is 62.8 Å². The van der Waals surface area contributed by atoms with Crippen LogP contribution in [0.5, 0.6) is 0 Å². The zero-order valence-electron chi connectivity index (χ0n) is 22.0. The van der Waals surface area contributed by atoms with Gasteiger partial charge in [0, 0.05) is 68.6 Å². The Kier molecular flexibility index (Phi) is 7.16. The minimum atomic E-state index is -0.308. The summed E-state index contributed by atoms with van der Waals surface area (Å²) in [6, 6.07) is 8.74. The standard InChI is InChI=1S/C26H36N8O3/c1-17-14-33(26(36)37-4)15-18(2)34(17)25-27-13-22-24(28-25)23(30-29-22)20-5-7-21(8-6-20)32-11-9-31(10-12-32)19(3)16-35/h5-8,13,17-19,35H,9-12,14-16H2,1-4H3,(H,29,30)/t17-,18+,19?. The zero-order valence-corrected chi connectivity index (χ0v) is 22.0. The number of anilines is 2. The summed E-state index contributed by atoms with van der Waals surface area (Å²) in [5, 5.41) is 17.1. The highest BCUT2D eigenvalue weighted by Gasteiger charge is 2.34. The summed E-state index contributed by atoms with van der Waals surface area (Å²) in [5.41, 5.74) is 4.52. The van der Waals surface area contributed by atoms with Crippen LogP contribution in [0.1, 0.15) is 20.8 Å². The molecule has 198 valence electrons. The van der Waals surface area contributed by atoms with E-state index in [0.29, 0.717) is 19.0 Å². The predicted octanol–water partition coefficient (Wildman–Crippen LogP) is 2.19. The van der Waals surface area contributed by atoms with Crippen molar-refractivity contribution in [3.05, 3.63) is 30.5 Å². The summed E-state index contributed by atoms with van der Waals surface area (Å²) in [5.74, 6) is 0.631. The summed E-state index contributed by atoms with van der Waals surface area (Å²) in [6.45, 7) is 11.2. The number of carbonyl (C=O) groups is 1. The number of aromatic amines is 1. The van der Waals surface area contributed by atoms with Gasteiger partial charge in [0.15, 0.2) is 0 Å². The number of piperazine rings is 2. The maximum absolute atomic E-state index is 12.0. The number of hydrogen-bond donors (Lipinski definition) is 2. The highest BCUT2D eigenvalue weighted by molar-refractivity contribution is 5.90. The third kappa shape index (κ3) is 4.93.